The number of halogens is 1. The summed E-state index contributed by atoms with van der Waals surface area (Å²) in [6, 6.07) is 12.6. The predicted octanol–water partition coefficient (Wildman–Crippen LogP) is 4.65. The van der Waals surface area contributed by atoms with E-state index in [0.717, 1.165) is 18.7 Å². The van der Waals surface area contributed by atoms with Gasteiger partial charge in [0.15, 0.2) is 5.01 Å². The maximum atomic E-state index is 4.38. The summed E-state index contributed by atoms with van der Waals surface area (Å²) >= 11 is 6.90. The van der Waals surface area contributed by atoms with Gasteiger partial charge in [0.2, 0.25) is 0 Å². The van der Waals surface area contributed by atoms with Crippen molar-refractivity contribution in [1.82, 2.24) is 15.5 Å². The first-order valence-corrected chi connectivity index (χ1v) is 8.93. The van der Waals surface area contributed by atoms with Crippen molar-refractivity contribution in [2.24, 2.45) is 0 Å². The third-order valence-electron chi connectivity index (χ3n) is 3.18. The van der Waals surface area contributed by atoms with Gasteiger partial charge >= 0.3 is 0 Å². The van der Waals surface area contributed by atoms with Crippen LogP contribution in [0.15, 0.2) is 40.2 Å². The van der Waals surface area contributed by atoms with E-state index in [1.54, 1.807) is 22.7 Å². The lowest BCUT2D eigenvalue weighted by molar-refractivity contribution is 0.678. The molecular weight excluding hydrogens is 366 g/mol. The van der Waals surface area contributed by atoms with Crippen molar-refractivity contribution in [2.45, 2.75) is 13.0 Å². The summed E-state index contributed by atoms with van der Waals surface area (Å²) in [6.45, 7) is 2.09. The Labute approximate surface area is 140 Å². The van der Waals surface area contributed by atoms with Gasteiger partial charge in [-0.25, -0.2) is 0 Å². The monoisotopic (exact) mass is 379 g/mol. The van der Waals surface area contributed by atoms with E-state index in [9.17, 15) is 0 Å². The van der Waals surface area contributed by atoms with Gasteiger partial charge in [-0.15, -0.1) is 21.5 Å². The van der Waals surface area contributed by atoms with Gasteiger partial charge in [0.25, 0.3) is 0 Å². The SMILES string of the molecule is CNC(c1ccccc1)c1nnc(-c2cc(C)c(Br)s2)s1. The highest BCUT2D eigenvalue weighted by atomic mass is 79.9. The Bertz CT molecular complexity index is 717. The van der Waals surface area contributed by atoms with E-state index >= 15 is 0 Å². The minimum atomic E-state index is 0.0851. The first-order chi connectivity index (χ1) is 10.2. The van der Waals surface area contributed by atoms with Crippen LogP contribution >= 0.6 is 38.6 Å². The van der Waals surface area contributed by atoms with Crippen LogP contribution in [0.5, 0.6) is 0 Å². The third-order valence-corrected chi connectivity index (χ3v) is 6.47. The molecule has 0 bridgehead atoms. The molecule has 1 N–H and O–H groups in total. The van der Waals surface area contributed by atoms with Gasteiger partial charge in [0.1, 0.15) is 5.01 Å². The second kappa shape index (κ2) is 6.36. The van der Waals surface area contributed by atoms with Crippen molar-refractivity contribution in [3.63, 3.8) is 0 Å². The summed E-state index contributed by atoms with van der Waals surface area (Å²) < 4.78 is 1.16. The molecule has 0 saturated heterocycles. The zero-order valence-electron chi connectivity index (χ0n) is 11.6. The topological polar surface area (TPSA) is 37.8 Å². The van der Waals surface area contributed by atoms with Crippen molar-refractivity contribution >= 4 is 38.6 Å². The van der Waals surface area contributed by atoms with E-state index in [1.807, 2.05) is 25.2 Å². The first-order valence-electron chi connectivity index (χ1n) is 6.51. The van der Waals surface area contributed by atoms with Crippen LogP contribution in [0.4, 0.5) is 0 Å². The molecule has 1 atom stereocenters. The summed E-state index contributed by atoms with van der Waals surface area (Å²) in [5.74, 6) is 0. The Morgan fingerprint density at radius 1 is 1.14 bits per heavy atom. The minimum Gasteiger partial charge on any atom is -0.307 e. The lowest BCUT2D eigenvalue weighted by Gasteiger charge is -2.12. The lowest BCUT2D eigenvalue weighted by atomic mass is 10.1. The fraction of sp³-hybridized carbons (Fsp3) is 0.200. The van der Waals surface area contributed by atoms with Gasteiger partial charge in [0.05, 0.1) is 14.7 Å². The fourth-order valence-electron chi connectivity index (χ4n) is 2.09. The molecule has 3 nitrogen and oxygen atoms in total. The number of benzene rings is 1. The van der Waals surface area contributed by atoms with Crippen molar-refractivity contribution in [3.8, 4) is 9.88 Å². The molecule has 3 aromatic rings. The molecule has 6 heteroatoms. The number of rotatable bonds is 4. The highest BCUT2D eigenvalue weighted by molar-refractivity contribution is 9.11. The summed E-state index contributed by atoms with van der Waals surface area (Å²) in [4.78, 5) is 1.16. The van der Waals surface area contributed by atoms with Crippen LogP contribution in [0.25, 0.3) is 9.88 Å². The summed E-state index contributed by atoms with van der Waals surface area (Å²) in [5.41, 5.74) is 2.44. The highest BCUT2D eigenvalue weighted by Gasteiger charge is 2.18. The molecule has 0 aliphatic carbocycles. The van der Waals surface area contributed by atoms with Crippen LogP contribution in [0.2, 0.25) is 0 Å². The normalized spacial score (nSPS) is 12.5. The van der Waals surface area contributed by atoms with Crippen LogP contribution in [0.1, 0.15) is 22.2 Å². The predicted molar refractivity (Wildman–Crippen MR) is 93.0 cm³/mol. The Kier molecular flexibility index (Phi) is 4.49. The average molecular weight is 380 g/mol. The van der Waals surface area contributed by atoms with Gasteiger partial charge < -0.3 is 5.32 Å². The number of nitrogens with zero attached hydrogens (tertiary/aromatic N) is 2. The highest BCUT2D eigenvalue weighted by Crippen LogP contribution is 2.37. The van der Waals surface area contributed by atoms with Crippen LogP contribution in [-0.2, 0) is 0 Å². The smallest absolute Gasteiger partial charge is 0.157 e. The van der Waals surface area contributed by atoms with Crippen LogP contribution in [0, 0.1) is 6.92 Å². The van der Waals surface area contributed by atoms with Crippen molar-refractivity contribution < 1.29 is 0 Å². The molecule has 2 aromatic heterocycles. The van der Waals surface area contributed by atoms with Crippen molar-refractivity contribution in [1.29, 1.82) is 0 Å². The molecule has 1 aromatic carbocycles. The van der Waals surface area contributed by atoms with E-state index in [-0.39, 0.29) is 6.04 Å². The fourth-order valence-corrected chi connectivity index (χ4v) is 4.65. The van der Waals surface area contributed by atoms with Crippen molar-refractivity contribution in [2.75, 3.05) is 7.05 Å². The molecule has 3 rings (SSSR count). The van der Waals surface area contributed by atoms with E-state index in [0.29, 0.717) is 0 Å². The minimum absolute atomic E-state index is 0.0851. The third kappa shape index (κ3) is 3.08. The number of hydrogen-bond donors (Lipinski definition) is 1. The maximum Gasteiger partial charge on any atom is 0.157 e. The number of aromatic nitrogens is 2. The van der Waals surface area contributed by atoms with Gasteiger partial charge in [-0.05, 0) is 47.1 Å². The molecule has 108 valence electrons. The average Bonchev–Trinajstić information content (AvgIpc) is 3.09. The molecule has 2 heterocycles. The maximum absolute atomic E-state index is 4.38. The molecule has 0 saturated carbocycles. The van der Waals surface area contributed by atoms with Gasteiger partial charge in [-0.2, -0.15) is 0 Å². The molecule has 0 spiro atoms. The number of thiophene rings is 1. The quantitative estimate of drug-likeness (QED) is 0.716. The molecule has 1 unspecified atom stereocenters. The van der Waals surface area contributed by atoms with Gasteiger partial charge in [-0.3, -0.25) is 0 Å². The molecular formula is C15H14BrN3S2. The Balaban J connectivity index is 1.93. The summed E-state index contributed by atoms with van der Waals surface area (Å²) in [6.07, 6.45) is 0. The molecule has 0 fully saturated rings. The molecule has 0 aliphatic heterocycles. The standard InChI is InChI=1S/C15H14BrN3S2/c1-9-8-11(20-13(9)16)14-18-19-15(21-14)12(17-2)10-6-4-3-5-7-10/h3-8,12,17H,1-2H3. The first kappa shape index (κ1) is 14.8. The molecule has 0 radical (unpaired) electrons. The molecule has 0 amide bonds. The number of nitrogens with one attached hydrogen (secondary N) is 1. The second-order valence-corrected chi connectivity index (χ2v) is 8.02. The summed E-state index contributed by atoms with van der Waals surface area (Å²) in [7, 11) is 1.95. The van der Waals surface area contributed by atoms with E-state index < -0.39 is 0 Å². The Hall–Kier alpha value is -1.08. The Morgan fingerprint density at radius 2 is 1.90 bits per heavy atom. The number of hydrogen-bond acceptors (Lipinski definition) is 5. The van der Waals surface area contributed by atoms with E-state index in [4.69, 9.17) is 0 Å². The zero-order valence-corrected chi connectivity index (χ0v) is 14.8. The molecule has 21 heavy (non-hydrogen) atoms. The zero-order chi connectivity index (χ0) is 14.8. The second-order valence-electron chi connectivity index (χ2n) is 4.65. The van der Waals surface area contributed by atoms with E-state index in [2.05, 4.69) is 56.6 Å². The van der Waals surface area contributed by atoms with Crippen LogP contribution in [-0.4, -0.2) is 17.2 Å². The van der Waals surface area contributed by atoms with E-state index in [1.165, 1.54) is 11.1 Å². The van der Waals surface area contributed by atoms with Crippen molar-refractivity contribution in [3.05, 3.63) is 56.3 Å². The van der Waals surface area contributed by atoms with Crippen LogP contribution < -0.4 is 5.32 Å². The lowest BCUT2D eigenvalue weighted by Crippen LogP contribution is -2.17. The summed E-state index contributed by atoms with van der Waals surface area (Å²) in [5, 5.41) is 14.0. The molecule has 0 aliphatic rings. The van der Waals surface area contributed by atoms with Gasteiger partial charge in [-0.1, -0.05) is 41.7 Å². The number of aryl methyl sites for hydroxylation is 1. The van der Waals surface area contributed by atoms with Gasteiger partial charge in [0, 0.05) is 0 Å². The van der Waals surface area contributed by atoms with Crippen LogP contribution in [0.3, 0.4) is 0 Å². The Morgan fingerprint density at radius 3 is 2.52 bits per heavy atom. The largest absolute Gasteiger partial charge is 0.307 e.